The van der Waals surface area contributed by atoms with Gasteiger partial charge in [-0.2, -0.15) is 21.0 Å². The van der Waals surface area contributed by atoms with Crippen LogP contribution in [0.25, 0.3) is 0 Å². The molecular weight excluding hydrogens is 220 g/mol. The fourth-order valence-corrected chi connectivity index (χ4v) is 1.85. The highest BCUT2D eigenvalue weighted by Crippen LogP contribution is 2.56. The quantitative estimate of drug-likeness (QED) is 0.649. The van der Waals surface area contributed by atoms with E-state index < -0.39 is 16.9 Å². The summed E-state index contributed by atoms with van der Waals surface area (Å²) in [5.41, 5.74) is -3.29. The first kappa shape index (κ1) is 12.9. The Labute approximate surface area is 99.2 Å². The lowest BCUT2D eigenvalue weighted by atomic mass is 9.50. The zero-order valence-corrected chi connectivity index (χ0v) is 9.30. The maximum absolute atomic E-state index is 9.08. The SMILES string of the molecule is COCCOC1CC(C#N)(C#N)C1(C#N)C#N. The van der Waals surface area contributed by atoms with Crippen LogP contribution >= 0.6 is 0 Å². The Morgan fingerprint density at radius 1 is 1.06 bits per heavy atom. The van der Waals surface area contributed by atoms with Gasteiger partial charge in [0.1, 0.15) is 0 Å². The van der Waals surface area contributed by atoms with Gasteiger partial charge in [-0.15, -0.1) is 0 Å². The lowest BCUT2D eigenvalue weighted by molar-refractivity contribution is -0.116. The summed E-state index contributed by atoms with van der Waals surface area (Å²) >= 11 is 0. The lowest BCUT2D eigenvalue weighted by Crippen LogP contribution is -2.60. The van der Waals surface area contributed by atoms with Crippen LogP contribution in [0.15, 0.2) is 0 Å². The molecule has 0 heterocycles. The van der Waals surface area contributed by atoms with E-state index in [1.54, 1.807) is 24.3 Å². The number of ether oxygens (including phenoxy) is 2. The van der Waals surface area contributed by atoms with Gasteiger partial charge in [-0.3, -0.25) is 0 Å². The van der Waals surface area contributed by atoms with Crippen LogP contribution in [0.1, 0.15) is 6.42 Å². The topological polar surface area (TPSA) is 114 Å². The van der Waals surface area contributed by atoms with Gasteiger partial charge in [0, 0.05) is 13.5 Å². The third-order valence-corrected chi connectivity index (χ3v) is 2.99. The van der Waals surface area contributed by atoms with Crippen LogP contribution in [0.2, 0.25) is 0 Å². The Kier molecular flexibility index (Phi) is 3.66. The van der Waals surface area contributed by atoms with Crippen molar-refractivity contribution in [2.24, 2.45) is 10.8 Å². The van der Waals surface area contributed by atoms with Gasteiger partial charge in [0.25, 0.3) is 0 Å². The molecule has 0 aromatic rings. The van der Waals surface area contributed by atoms with Gasteiger partial charge >= 0.3 is 0 Å². The Balaban J connectivity index is 2.90. The monoisotopic (exact) mass is 230 g/mol. The summed E-state index contributed by atoms with van der Waals surface area (Å²) in [6, 6.07) is 7.05. The van der Waals surface area contributed by atoms with Crippen LogP contribution in [0, 0.1) is 56.2 Å². The minimum atomic E-state index is -1.70. The summed E-state index contributed by atoms with van der Waals surface area (Å²) in [7, 11) is 1.50. The van der Waals surface area contributed by atoms with E-state index in [1.807, 2.05) is 0 Å². The molecule has 0 saturated heterocycles. The molecule has 0 aromatic heterocycles. The minimum absolute atomic E-state index is 0.0742. The first-order chi connectivity index (χ1) is 8.16. The maximum atomic E-state index is 9.08. The molecule has 0 N–H and O–H groups in total. The summed E-state index contributed by atoms with van der Waals surface area (Å²) in [6.07, 6.45) is -0.642. The highest BCUT2D eigenvalue weighted by atomic mass is 16.5. The first-order valence-electron chi connectivity index (χ1n) is 4.92. The molecule has 1 rings (SSSR count). The number of rotatable bonds is 4. The van der Waals surface area contributed by atoms with Crippen LogP contribution in [0.5, 0.6) is 0 Å². The van der Waals surface area contributed by atoms with Crippen molar-refractivity contribution in [3.63, 3.8) is 0 Å². The van der Waals surface area contributed by atoms with Crippen molar-refractivity contribution in [2.45, 2.75) is 12.5 Å². The molecule has 0 aromatic carbocycles. The van der Waals surface area contributed by atoms with Gasteiger partial charge in [-0.25, -0.2) is 0 Å². The average molecular weight is 230 g/mol. The van der Waals surface area contributed by atoms with Crippen molar-refractivity contribution in [3.05, 3.63) is 0 Å². The molecule has 0 amide bonds. The van der Waals surface area contributed by atoms with Crippen LogP contribution in [-0.2, 0) is 9.47 Å². The number of methoxy groups -OCH3 is 1. The molecule has 0 spiro atoms. The Morgan fingerprint density at radius 2 is 1.65 bits per heavy atom. The second kappa shape index (κ2) is 4.81. The number of hydrogen-bond donors (Lipinski definition) is 0. The van der Waals surface area contributed by atoms with Crippen LogP contribution in [0.3, 0.4) is 0 Å². The average Bonchev–Trinajstić information content (AvgIpc) is 2.35. The molecule has 0 radical (unpaired) electrons. The Morgan fingerprint density at radius 3 is 2.06 bits per heavy atom. The van der Waals surface area contributed by atoms with Crippen LogP contribution in [0.4, 0.5) is 0 Å². The molecule has 86 valence electrons. The third kappa shape index (κ3) is 1.61. The van der Waals surface area contributed by atoms with Gasteiger partial charge in [0.15, 0.2) is 5.41 Å². The zero-order chi connectivity index (χ0) is 12.9. The summed E-state index contributed by atoms with van der Waals surface area (Å²) in [5, 5.41) is 36.1. The molecule has 1 aliphatic carbocycles. The molecule has 6 nitrogen and oxygen atoms in total. The normalized spacial score (nSPS) is 23.2. The van der Waals surface area contributed by atoms with Crippen molar-refractivity contribution in [3.8, 4) is 24.3 Å². The molecule has 0 aliphatic heterocycles. The van der Waals surface area contributed by atoms with Crippen molar-refractivity contribution < 1.29 is 9.47 Å². The Hall–Kier alpha value is -2.12. The molecule has 1 fully saturated rings. The summed E-state index contributed by atoms with van der Waals surface area (Å²) in [5.74, 6) is 0. The van der Waals surface area contributed by atoms with Crippen molar-refractivity contribution in [1.29, 1.82) is 21.0 Å². The van der Waals surface area contributed by atoms with Crippen LogP contribution < -0.4 is 0 Å². The van der Waals surface area contributed by atoms with E-state index in [-0.39, 0.29) is 13.0 Å². The van der Waals surface area contributed by atoms with E-state index in [1.165, 1.54) is 7.11 Å². The van der Waals surface area contributed by atoms with Crippen molar-refractivity contribution >= 4 is 0 Å². The lowest BCUT2D eigenvalue weighted by Gasteiger charge is -2.47. The minimum Gasteiger partial charge on any atom is -0.382 e. The van der Waals surface area contributed by atoms with E-state index in [0.29, 0.717) is 6.61 Å². The fourth-order valence-electron chi connectivity index (χ4n) is 1.85. The van der Waals surface area contributed by atoms with Gasteiger partial charge in [-0.1, -0.05) is 0 Å². The zero-order valence-electron chi connectivity index (χ0n) is 9.30. The van der Waals surface area contributed by atoms with Crippen molar-refractivity contribution in [1.82, 2.24) is 0 Å². The fraction of sp³-hybridized carbons (Fsp3) is 0.636. The van der Waals surface area contributed by atoms with Gasteiger partial charge < -0.3 is 9.47 Å². The van der Waals surface area contributed by atoms with E-state index in [4.69, 9.17) is 30.5 Å². The smallest absolute Gasteiger partial charge is 0.201 e. The van der Waals surface area contributed by atoms with Gasteiger partial charge in [0.05, 0.1) is 43.6 Å². The number of nitriles is 4. The molecule has 1 atom stereocenters. The maximum Gasteiger partial charge on any atom is 0.201 e. The standard InChI is InChI=1S/C11H10N4O2/c1-16-2-3-17-9-4-10(5-12,6-13)11(9,7-14)8-15/h9H,2-4H2,1H3. The molecule has 0 bridgehead atoms. The predicted octanol–water partition coefficient (Wildman–Crippen LogP) is 0.489. The van der Waals surface area contributed by atoms with E-state index in [9.17, 15) is 0 Å². The van der Waals surface area contributed by atoms with E-state index in [2.05, 4.69) is 0 Å². The molecule has 6 heteroatoms. The Bertz CT molecular complexity index is 432. The first-order valence-corrected chi connectivity index (χ1v) is 4.92. The highest BCUT2D eigenvalue weighted by molar-refractivity contribution is 5.43. The largest absolute Gasteiger partial charge is 0.382 e. The molecule has 17 heavy (non-hydrogen) atoms. The second-order valence-corrected chi connectivity index (χ2v) is 3.72. The number of nitrogens with zero attached hydrogens (tertiary/aromatic N) is 4. The van der Waals surface area contributed by atoms with E-state index in [0.717, 1.165) is 0 Å². The molecular formula is C11H10N4O2. The molecule has 1 unspecified atom stereocenters. The van der Waals surface area contributed by atoms with E-state index >= 15 is 0 Å². The van der Waals surface area contributed by atoms with Gasteiger partial charge in [0.2, 0.25) is 5.41 Å². The third-order valence-electron chi connectivity index (χ3n) is 2.99. The summed E-state index contributed by atoms with van der Waals surface area (Å²) in [6.45, 7) is 0.550. The molecule has 1 saturated carbocycles. The summed E-state index contributed by atoms with van der Waals surface area (Å²) in [4.78, 5) is 0. The number of hydrogen-bond acceptors (Lipinski definition) is 6. The summed E-state index contributed by atoms with van der Waals surface area (Å²) < 4.78 is 10.1. The second-order valence-electron chi connectivity index (χ2n) is 3.72. The predicted molar refractivity (Wildman–Crippen MR) is 53.6 cm³/mol. The van der Waals surface area contributed by atoms with Crippen molar-refractivity contribution in [2.75, 3.05) is 20.3 Å². The highest BCUT2D eigenvalue weighted by Gasteiger charge is 2.70. The van der Waals surface area contributed by atoms with Gasteiger partial charge in [-0.05, 0) is 0 Å². The van der Waals surface area contributed by atoms with Crippen LogP contribution in [-0.4, -0.2) is 26.4 Å². The molecule has 1 aliphatic rings.